The lowest BCUT2D eigenvalue weighted by atomic mass is 10.0. The highest BCUT2D eigenvalue weighted by Gasteiger charge is 2.32. The summed E-state index contributed by atoms with van der Waals surface area (Å²) in [6, 6.07) is 14.9. The molecule has 0 saturated heterocycles. The third-order valence-corrected chi connectivity index (χ3v) is 3.80. The fourth-order valence-electron chi connectivity index (χ4n) is 2.38. The monoisotopic (exact) mass is 381 g/mol. The molecule has 0 heterocycles. The van der Waals surface area contributed by atoms with Gasteiger partial charge in [0, 0.05) is 17.7 Å². The van der Waals surface area contributed by atoms with Crippen molar-refractivity contribution in [3.8, 4) is 0 Å². The van der Waals surface area contributed by atoms with Crippen LogP contribution in [0.3, 0.4) is 0 Å². The van der Waals surface area contributed by atoms with Gasteiger partial charge in [0.1, 0.15) is 0 Å². The Morgan fingerprint density at radius 3 is 2.32 bits per heavy atom. The molecule has 0 saturated carbocycles. The van der Waals surface area contributed by atoms with Gasteiger partial charge in [-0.1, -0.05) is 30.3 Å². The lowest BCUT2D eigenvalue weighted by Crippen LogP contribution is -2.28. The van der Waals surface area contributed by atoms with Crippen LogP contribution in [0.4, 0.5) is 5.69 Å². The molecule has 144 valence electrons. The second kappa shape index (κ2) is 9.91. The minimum atomic E-state index is -1.22. The summed E-state index contributed by atoms with van der Waals surface area (Å²) in [4.78, 5) is 38.4. The minimum Gasteiger partial charge on any atom is -0.457 e. The minimum absolute atomic E-state index is 0.0177. The van der Waals surface area contributed by atoms with E-state index in [9.17, 15) is 19.5 Å². The van der Waals surface area contributed by atoms with Crippen LogP contribution >= 0.6 is 0 Å². The van der Waals surface area contributed by atoms with Gasteiger partial charge in [-0.3, -0.25) is 9.59 Å². The zero-order valence-corrected chi connectivity index (χ0v) is 15.2. The average Bonchev–Trinajstić information content (AvgIpc) is 2.70. The maximum Gasteiger partial charge on any atom is 0.441 e. The van der Waals surface area contributed by atoms with Gasteiger partial charge in [-0.15, -0.1) is 0 Å². The zero-order valence-electron chi connectivity index (χ0n) is 15.2. The quantitative estimate of drug-likeness (QED) is 0.238. The molecule has 1 atom stereocenters. The van der Waals surface area contributed by atoms with Crippen molar-refractivity contribution in [3.63, 3.8) is 0 Å². The lowest BCUT2D eigenvalue weighted by molar-refractivity contribution is -0.142. The van der Waals surface area contributed by atoms with Crippen molar-refractivity contribution in [2.24, 2.45) is 0 Å². The van der Waals surface area contributed by atoms with E-state index in [0.29, 0.717) is 16.8 Å². The number of aliphatic hydroxyl groups is 1. The number of ketones is 1. The Balaban J connectivity index is 2.00. The molecule has 0 aliphatic carbocycles. The highest BCUT2D eigenvalue weighted by atomic mass is 16.5. The Kier molecular flexibility index (Phi) is 7.33. The van der Waals surface area contributed by atoms with E-state index in [0.717, 1.165) is 0 Å². The largest absolute Gasteiger partial charge is 0.457 e. The van der Waals surface area contributed by atoms with Crippen molar-refractivity contribution in [2.75, 3.05) is 11.9 Å². The van der Waals surface area contributed by atoms with Crippen LogP contribution in [0.1, 0.15) is 35.4 Å². The Morgan fingerprint density at radius 1 is 1.11 bits per heavy atom. The number of amides is 1. The maximum atomic E-state index is 12.1. The molecule has 28 heavy (non-hydrogen) atoms. The van der Waals surface area contributed by atoms with Gasteiger partial charge in [0.25, 0.3) is 11.7 Å². The number of ether oxygens (including phenoxy) is 1. The molecule has 0 radical (unpaired) electrons. The van der Waals surface area contributed by atoms with Crippen molar-refractivity contribution in [1.82, 2.24) is 0 Å². The molecule has 2 rings (SSSR count). The van der Waals surface area contributed by atoms with Crippen molar-refractivity contribution < 1.29 is 29.0 Å². The number of carbonyl (C=O) groups is 3. The third kappa shape index (κ3) is 5.44. The summed E-state index contributed by atoms with van der Waals surface area (Å²) in [5, 5.41) is 12.9. The van der Waals surface area contributed by atoms with Crippen molar-refractivity contribution in [3.05, 3.63) is 71.3 Å². The van der Waals surface area contributed by atoms with Crippen molar-refractivity contribution in [2.45, 2.75) is 19.4 Å². The van der Waals surface area contributed by atoms with Gasteiger partial charge in [0.15, 0.2) is 0 Å². The number of nitrogens with one attached hydrogen (secondary N) is 1. The first kappa shape index (κ1) is 20.7. The van der Waals surface area contributed by atoms with Gasteiger partial charge in [-0.2, -0.15) is 4.79 Å². The second-order valence-corrected chi connectivity index (χ2v) is 5.75. The Hall–Kier alpha value is -3.61. The molecule has 0 aromatic heterocycles. The average molecular weight is 381 g/mol. The lowest BCUT2D eigenvalue weighted by Gasteiger charge is -2.10. The number of benzene rings is 2. The van der Waals surface area contributed by atoms with E-state index in [1.165, 1.54) is 0 Å². The molecule has 0 aliphatic heterocycles. The SMILES string of the molecule is CCOC(=O)C(=[N+]=[N-])C(=O)CC(O)c1ccc(NC(=O)c2ccccc2)cc1. The summed E-state index contributed by atoms with van der Waals surface area (Å²) in [5.74, 6) is -2.18. The Morgan fingerprint density at radius 2 is 1.75 bits per heavy atom. The molecule has 2 N–H and O–H groups in total. The summed E-state index contributed by atoms with van der Waals surface area (Å²) in [7, 11) is 0. The van der Waals surface area contributed by atoms with E-state index in [1.54, 1.807) is 55.5 Å². The molecule has 8 nitrogen and oxygen atoms in total. The van der Waals surface area contributed by atoms with Crippen LogP contribution in [0.15, 0.2) is 54.6 Å². The molecule has 0 spiro atoms. The molecule has 0 aliphatic rings. The predicted molar refractivity (Wildman–Crippen MR) is 101 cm³/mol. The molecule has 1 amide bonds. The van der Waals surface area contributed by atoms with Crippen LogP contribution in [0, 0.1) is 0 Å². The summed E-state index contributed by atoms with van der Waals surface area (Å²) in [6.07, 6.45) is -1.69. The standard InChI is InChI=1S/C20H19N3O5/c1-2-28-20(27)18(23-21)17(25)12-16(24)13-8-10-15(11-9-13)22-19(26)14-6-4-3-5-7-14/h3-11,16,24H,2,12H2,1H3,(H,22,26). The zero-order chi connectivity index (χ0) is 20.5. The van der Waals surface area contributed by atoms with E-state index < -0.39 is 30.0 Å². The van der Waals surface area contributed by atoms with E-state index in [1.807, 2.05) is 6.07 Å². The Bertz CT molecular complexity index is 903. The summed E-state index contributed by atoms with van der Waals surface area (Å²) >= 11 is 0. The molecular weight excluding hydrogens is 362 g/mol. The molecule has 0 bridgehead atoms. The number of nitrogens with zero attached hydrogens (tertiary/aromatic N) is 2. The molecular formula is C20H19N3O5. The summed E-state index contributed by atoms with van der Waals surface area (Å²) in [5.41, 5.74) is 9.48. The number of hydrogen-bond acceptors (Lipinski definition) is 5. The van der Waals surface area contributed by atoms with E-state index in [2.05, 4.69) is 14.8 Å². The number of aliphatic hydroxyl groups excluding tert-OH is 1. The second-order valence-electron chi connectivity index (χ2n) is 5.75. The van der Waals surface area contributed by atoms with E-state index >= 15 is 0 Å². The van der Waals surface area contributed by atoms with Gasteiger partial charge in [-0.05, 0) is 36.8 Å². The van der Waals surface area contributed by atoms with Crippen LogP contribution in [0.2, 0.25) is 0 Å². The first-order chi connectivity index (χ1) is 13.5. The summed E-state index contributed by atoms with van der Waals surface area (Å²) < 4.78 is 4.62. The van der Waals surface area contributed by atoms with Crippen LogP contribution in [0.25, 0.3) is 5.53 Å². The first-order valence-electron chi connectivity index (χ1n) is 8.53. The molecule has 1 unspecified atom stereocenters. The highest BCUT2D eigenvalue weighted by molar-refractivity contribution is 6.62. The van der Waals surface area contributed by atoms with Crippen LogP contribution in [0.5, 0.6) is 0 Å². The number of rotatable bonds is 8. The van der Waals surface area contributed by atoms with Crippen molar-refractivity contribution in [1.29, 1.82) is 0 Å². The van der Waals surface area contributed by atoms with Crippen molar-refractivity contribution >= 4 is 29.1 Å². The molecule has 2 aromatic rings. The smallest absolute Gasteiger partial charge is 0.441 e. The number of carbonyl (C=O) groups excluding carboxylic acids is 3. The Labute approximate surface area is 161 Å². The molecule has 2 aromatic carbocycles. The van der Waals surface area contributed by atoms with Crippen LogP contribution < -0.4 is 5.32 Å². The molecule has 0 fully saturated rings. The molecule has 8 heteroatoms. The van der Waals surface area contributed by atoms with Gasteiger partial charge in [0.2, 0.25) is 0 Å². The number of anilines is 1. The first-order valence-corrected chi connectivity index (χ1v) is 8.53. The highest BCUT2D eigenvalue weighted by Crippen LogP contribution is 2.20. The topological polar surface area (TPSA) is 129 Å². The number of hydrogen-bond donors (Lipinski definition) is 2. The third-order valence-electron chi connectivity index (χ3n) is 3.80. The van der Waals surface area contributed by atoms with Gasteiger partial charge < -0.3 is 20.7 Å². The fraction of sp³-hybridized carbons (Fsp3) is 0.200. The number of esters is 1. The normalized spacial score (nSPS) is 11.1. The van der Waals surface area contributed by atoms with Crippen LogP contribution in [-0.4, -0.2) is 39.9 Å². The van der Waals surface area contributed by atoms with Gasteiger partial charge in [0.05, 0.1) is 12.7 Å². The van der Waals surface area contributed by atoms with Crippen LogP contribution in [-0.2, 0) is 14.3 Å². The number of Topliss-reactive ketones (excluding diaryl/α,β-unsaturated/α-hetero) is 1. The fourth-order valence-corrected chi connectivity index (χ4v) is 2.38. The van der Waals surface area contributed by atoms with E-state index in [4.69, 9.17) is 5.53 Å². The maximum absolute atomic E-state index is 12.1. The predicted octanol–water partition coefficient (Wildman–Crippen LogP) is 2.17. The van der Waals surface area contributed by atoms with Gasteiger partial charge in [-0.25, -0.2) is 4.79 Å². The van der Waals surface area contributed by atoms with E-state index in [-0.39, 0.29) is 12.5 Å². The van der Waals surface area contributed by atoms with Gasteiger partial charge >= 0.3 is 11.7 Å². The summed E-state index contributed by atoms with van der Waals surface area (Å²) in [6.45, 7) is 1.56.